The molecule has 2 aromatic rings. The average molecular weight is 419 g/mol. The van der Waals surface area contributed by atoms with Crippen molar-refractivity contribution in [1.29, 1.82) is 0 Å². The molecule has 0 amide bonds. The number of para-hydroxylation sites is 1. The van der Waals surface area contributed by atoms with Gasteiger partial charge in [0.2, 0.25) is 0 Å². The van der Waals surface area contributed by atoms with Crippen LogP contribution in [0.2, 0.25) is 0 Å². The molecule has 0 atom stereocenters. The Kier molecular flexibility index (Phi) is 5.49. The molecule has 0 saturated heterocycles. The van der Waals surface area contributed by atoms with E-state index in [1.165, 1.54) is 7.11 Å². The summed E-state index contributed by atoms with van der Waals surface area (Å²) in [5, 5.41) is 9.51. The number of carboxylic acid groups (broad SMARTS) is 1. The Morgan fingerprint density at radius 1 is 1.00 bits per heavy atom. The van der Waals surface area contributed by atoms with E-state index in [9.17, 15) is 14.7 Å². The fourth-order valence-electron chi connectivity index (χ4n) is 3.76. The summed E-state index contributed by atoms with van der Waals surface area (Å²) in [4.78, 5) is 26.7. The van der Waals surface area contributed by atoms with Gasteiger partial charge < -0.3 is 24.2 Å². The van der Waals surface area contributed by atoms with E-state index in [-0.39, 0.29) is 6.54 Å². The molecule has 7 heteroatoms. The van der Waals surface area contributed by atoms with Crippen LogP contribution in [0.5, 0.6) is 11.5 Å². The van der Waals surface area contributed by atoms with Crippen molar-refractivity contribution in [2.45, 2.75) is 6.42 Å². The highest BCUT2D eigenvalue weighted by molar-refractivity contribution is 6.22. The first-order chi connectivity index (χ1) is 15.0. The third-order valence-corrected chi connectivity index (χ3v) is 5.16. The van der Waals surface area contributed by atoms with Gasteiger partial charge in [0.15, 0.2) is 0 Å². The van der Waals surface area contributed by atoms with Crippen LogP contribution in [0, 0.1) is 0 Å². The summed E-state index contributed by atoms with van der Waals surface area (Å²) >= 11 is 0. The second-order valence-corrected chi connectivity index (χ2v) is 6.98. The molecule has 0 unspecified atom stereocenters. The molecule has 1 heterocycles. The number of ether oxygens (including phenoxy) is 3. The van der Waals surface area contributed by atoms with Crippen LogP contribution in [0.1, 0.15) is 12.0 Å². The molecule has 158 valence electrons. The summed E-state index contributed by atoms with van der Waals surface area (Å²) in [6.45, 7) is -0.258. The smallest absolute Gasteiger partial charge is 0.344 e. The summed E-state index contributed by atoms with van der Waals surface area (Å²) in [7, 11) is 3.09. The minimum absolute atomic E-state index is 0.258. The number of methoxy groups -OCH3 is 2. The predicted molar refractivity (Wildman–Crippen MR) is 115 cm³/mol. The number of nitrogens with zero attached hydrogens (tertiary/aromatic N) is 1. The first kappa shape index (κ1) is 20.3. The van der Waals surface area contributed by atoms with Crippen molar-refractivity contribution < 1.29 is 28.9 Å². The quantitative estimate of drug-likeness (QED) is 0.563. The Morgan fingerprint density at radius 3 is 2.45 bits per heavy atom. The van der Waals surface area contributed by atoms with E-state index in [1.807, 2.05) is 6.07 Å². The Morgan fingerprint density at radius 2 is 1.77 bits per heavy atom. The number of rotatable bonds is 6. The van der Waals surface area contributed by atoms with Crippen molar-refractivity contribution >= 4 is 23.2 Å². The van der Waals surface area contributed by atoms with Gasteiger partial charge in [-0.15, -0.1) is 0 Å². The molecule has 0 fully saturated rings. The number of hydrogen-bond donors (Lipinski definition) is 1. The number of anilines is 1. The number of aliphatic carboxylic acids is 1. The SMILES string of the molecule is COC1=CC=C2C(=C(C(=O)Oc3ccccc3)c3cc(OC)ccc3N2CC(=O)O)C1. The lowest BCUT2D eigenvalue weighted by Gasteiger charge is -2.36. The third-order valence-electron chi connectivity index (χ3n) is 5.16. The van der Waals surface area contributed by atoms with Crippen LogP contribution in [0.25, 0.3) is 5.57 Å². The number of hydrogen-bond acceptors (Lipinski definition) is 6. The summed E-state index contributed by atoms with van der Waals surface area (Å²) in [6.07, 6.45) is 3.88. The van der Waals surface area contributed by atoms with Crippen molar-refractivity contribution in [2.24, 2.45) is 0 Å². The number of carboxylic acids is 1. The van der Waals surface area contributed by atoms with Gasteiger partial charge in [-0.2, -0.15) is 0 Å². The van der Waals surface area contributed by atoms with Gasteiger partial charge in [-0.05, 0) is 48.1 Å². The van der Waals surface area contributed by atoms with Crippen molar-refractivity contribution in [1.82, 2.24) is 0 Å². The highest BCUT2D eigenvalue weighted by Gasteiger charge is 2.35. The Hall–Kier alpha value is -4.00. The lowest BCUT2D eigenvalue weighted by atomic mass is 9.86. The molecule has 1 aliphatic carbocycles. The van der Waals surface area contributed by atoms with Crippen LogP contribution in [-0.4, -0.2) is 37.8 Å². The van der Waals surface area contributed by atoms with Crippen LogP contribution in [0.4, 0.5) is 5.69 Å². The fraction of sp³-hybridized carbons (Fsp3) is 0.167. The van der Waals surface area contributed by atoms with E-state index in [4.69, 9.17) is 14.2 Å². The first-order valence-corrected chi connectivity index (χ1v) is 9.65. The fourth-order valence-corrected chi connectivity index (χ4v) is 3.76. The Labute approximate surface area is 179 Å². The lowest BCUT2D eigenvalue weighted by molar-refractivity contribution is -0.135. The zero-order valence-electron chi connectivity index (χ0n) is 17.1. The third kappa shape index (κ3) is 3.90. The summed E-state index contributed by atoms with van der Waals surface area (Å²) < 4.78 is 16.4. The Balaban J connectivity index is 1.90. The summed E-state index contributed by atoms with van der Waals surface area (Å²) in [6, 6.07) is 14.0. The maximum absolute atomic E-state index is 13.4. The van der Waals surface area contributed by atoms with E-state index >= 15 is 0 Å². The molecular weight excluding hydrogens is 398 g/mol. The van der Waals surface area contributed by atoms with Crippen LogP contribution < -0.4 is 14.4 Å². The minimum atomic E-state index is -0.987. The molecule has 0 radical (unpaired) electrons. The molecule has 31 heavy (non-hydrogen) atoms. The van der Waals surface area contributed by atoms with Gasteiger partial charge in [-0.25, -0.2) is 4.79 Å². The number of carbonyl (C=O) groups excluding carboxylic acids is 1. The lowest BCUT2D eigenvalue weighted by Crippen LogP contribution is -2.35. The van der Waals surface area contributed by atoms with Crippen LogP contribution in [-0.2, 0) is 14.3 Å². The standard InChI is InChI=1S/C24H21NO6/c1-29-16-8-10-20-18(12-16)23(24(28)31-15-6-4-3-5-7-15)19-13-17(30-2)9-11-21(19)25(20)14-22(26)27/h3-12H,13-14H2,1-2H3,(H,26,27). The molecule has 0 aromatic heterocycles. The van der Waals surface area contributed by atoms with Crippen molar-refractivity contribution in [3.63, 3.8) is 0 Å². The van der Waals surface area contributed by atoms with Gasteiger partial charge in [-0.3, -0.25) is 4.79 Å². The van der Waals surface area contributed by atoms with E-state index in [0.29, 0.717) is 51.8 Å². The normalized spacial score (nSPS) is 14.7. The molecule has 4 rings (SSSR count). The molecule has 1 aliphatic heterocycles. The zero-order chi connectivity index (χ0) is 22.0. The summed E-state index contributed by atoms with van der Waals surface area (Å²) in [5.74, 6) is 0.102. The van der Waals surface area contributed by atoms with Crippen molar-refractivity contribution in [2.75, 3.05) is 25.7 Å². The highest BCUT2D eigenvalue weighted by Crippen LogP contribution is 2.45. The number of benzene rings is 2. The van der Waals surface area contributed by atoms with Gasteiger partial charge in [0.05, 0.1) is 25.5 Å². The molecule has 2 aromatic carbocycles. The topological polar surface area (TPSA) is 85.3 Å². The number of fused-ring (bicyclic) bond motifs is 2. The highest BCUT2D eigenvalue weighted by atomic mass is 16.5. The van der Waals surface area contributed by atoms with Crippen molar-refractivity contribution in [3.05, 3.63) is 83.3 Å². The van der Waals surface area contributed by atoms with Crippen LogP contribution in [0.3, 0.4) is 0 Å². The molecule has 7 nitrogen and oxygen atoms in total. The first-order valence-electron chi connectivity index (χ1n) is 9.65. The largest absolute Gasteiger partial charge is 0.501 e. The van der Waals surface area contributed by atoms with Gasteiger partial charge in [0.1, 0.15) is 23.8 Å². The molecule has 2 aliphatic rings. The van der Waals surface area contributed by atoms with Gasteiger partial charge in [0.25, 0.3) is 0 Å². The van der Waals surface area contributed by atoms with Gasteiger partial charge in [0, 0.05) is 17.7 Å². The molecule has 0 bridgehead atoms. The number of carbonyl (C=O) groups is 2. The predicted octanol–water partition coefficient (Wildman–Crippen LogP) is 3.78. The van der Waals surface area contributed by atoms with E-state index in [1.54, 1.807) is 66.6 Å². The summed E-state index contributed by atoms with van der Waals surface area (Å²) in [5.41, 5.74) is 2.76. The second-order valence-electron chi connectivity index (χ2n) is 6.98. The van der Waals surface area contributed by atoms with E-state index in [0.717, 1.165) is 0 Å². The molecule has 1 N–H and O–H groups in total. The zero-order valence-corrected chi connectivity index (χ0v) is 17.1. The number of allylic oxidation sites excluding steroid dienone is 4. The maximum atomic E-state index is 13.4. The monoisotopic (exact) mass is 419 g/mol. The minimum Gasteiger partial charge on any atom is -0.501 e. The maximum Gasteiger partial charge on any atom is 0.344 e. The molecular formula is C24H21NO6. The number of esters is 1. The average Bonchev–Trinajstić information content (AvgIpc) is 2.78. The molecule has 0 saturated carbocycles. The van der Waals surface area contributed by atoms with Crippen LogP contribution >= 0.6 is 0 Å². The van der Waals surface area contributed by atoms with Gasteiger partial charge in [-0.1, -0.05) is 18.2 Å². The van der Waals surface area contributed by atoms with E-state index in [2.05, 4.69) is 0 Å². The van der Waals surface area contributed by atoms with Crippen LogP contribution in [0.15, 0.2) is 77.7 Å². The Bertz CT molecular complexity index is 1130. The second kappa shape index (κ2) is 8.39. The van der Waals surface area contributed by atoms with Crippen molar-refractivity contribution in [3.8, 4) is 11.5 Å². The van der Waals surface area contributed by atoms with E-state index < -0.39 is 11.9 Å². The van der Waals surface area contributed by atoms with Gasteiger partial charge >= 0.3 is 11.9 Å². The molecule has 0 spiro atoms.